The molecule has 0 aromatic heterocycles. The van der Waals surface area contributed by atoms with Crippen molar-refractivity contribution in [2.24, 2.45) is 0 Å². The number of hydrogen-bond acceptors (Lipinski definition) is 3. The molecule has 2 aromatic rings. The summed E-state index contributed by atoms with van der Waals surface area (Å²) in [4.78, 5) is 9.99. The van der Waals surface area contributed by atoms with Gasteiger partial charge in [0, 0.05) is 18.7 Å². The minimum absolute atomic E-state index is 0.0154. The van der Waals surface area contributed by atoms with Crippen LogP contribution in [0, 0.1) is 27.6 Å². The first-order valence-corrected chi connectivity index (χ1v) is 6.09. The Kier molecular flexibility index (Phi) is 4.42. The van der Waals surface area contributed by atoms with Gasteiger partial charge in [-0.25, -0.2) is 13.2 Å². The zero-order chi connectivity index (χ0) is 15.4. The second kappa shape index (κ2) is 6.25. The van der Waals surface area contributed by atoms with Crippen molar-refractivity contribution in [1.29, 1.82) is 0 Å². The van der Waals surface area contributed by atoms with Crippen LogP contribution in [0.25, 0.3) is 0 Å². The Hall–Kier alpha value is -2.57. The Morgan fingerprint density at radius 2 is 1.67 bits per heavy atom. The first kappa shape index (κ1) is 14.8. The monoisotopic (exact) mass is 296 g/mol. The van der Waals surface area contributed by atoms with Gasteiger partial charge in [-0.3, -0.25) is 10.1 Å². The molecule has 0 spiro atoms. The Labute approximate surface area is 118 Å². The summed E-state index contributed by atoms with van der Waals surface area (Å²) < 4.78 is 39.1. The number of nitrogens with one attached hydrogen (secondary N) is 1. The maximum absolute atomic E-state index is 13.4. The van der Waals surface area contributed by atoms with E-state index in [-0.39, 0.29) is 17.9 Å². The van der Waals surface area contributed by atoms with Crippen molar-refractivity contribution >= 4 is 11.4 Å². The van der Waals surface area contributed by atoms with Crippen LogP contribution in [0.3, 0.4) is 0 Å². The van der Waals surface area contributed by atoms with E-state index in [9.17, 15) is 23.3 Å². The van der Waals surface area contributed by atoms with Crippen LogP contribution < -0.4 is 5.32 Å². The fourth-order valence-corrected chi connectivity index (χ4v) is 1.79. The van der Waals surface area contributed by atoms with Gasteiger partial charge in [0.1, 0.15) is 0 Å². The average molecular weight is 296 g/mol. The SMILES string of the molecule is O=[N+]([O-])c1ccc(CCNc2ccc(F)c(F)c2F)cc1. The molecule has 0 radical (unpaired) electrons. The fourth-order valence-electron chi connectivity index (χ4n) is 1.79. The van der Waals surface area contributed by atoms with Gasteiger partial charge >= 0.3 is 0 Å². The highest BCUT2D eigenvalue weighted by atomic mass is 19.2. The van der Waals surface area contributed by atoms with Crippen LogP contribution in [-0.4, -0.2) is 11.5 Å². The van der Waals surface area contributed by atoms with E-state index in [0.717, 1.165) is 17.7 Å². The van der Waals surface area contributed by atoms with Gasteiger partial charge in [-0.05, 0) is 24.1 Å². The van der Waals surface area contributed by atoms with E-state index in [1.165, 1.54) is 12.1 Å². The van der Waals surface area contributed by atoms with Gasteiger partial charge in [-0.1, -0.05) is 12.1 Å². The van der Waals surface area contributed by atoms with E-state index < -0.39 is 22.4 Å². The van der Waals surface area contributed by atoms with Gasteiger partial charge in [-0.15, -0.1) is 0 Å². The van der Waals surface area contributed by atoms with Gasteiger partial charge in [0.15, 0.2) is 17.5 Å². The zero-order valence-electron chi connectivity index (χ0n) is 10.8. The van der Waals surface area contributed by atoms with Crippen LogP contribution >= 0.6 is 0 Å². The van der Waals surface area contributed by atoms with E-state index in [4.69, 9.17) is 0 Å². The molecule has 0 saturated carbocycles. The molecular weight excluding hydrogens is 285 g/mol. The molecule has 0 aliphatic rings. The number of rotatable bonds is 5. The minimum atomic E-state index is -1.52. The molecule has 0 heterocycles. The molecule has 21 heavy (non-hydrogen) atoms. The molecule has 2 aromatic carbocycles. The normalized spacial score (nSPS) is 10.4. The largest absolute Gasteiger partial charge is 0.382 e. The Morgan fingerprint density at radius 3 is 2.29 bits per heavy atom. The van der Waals surface area contributed by atoms with Gasteiger partial charge in [0.05, 0.1) is 10.6 Å². The van der Waals surface area contributed by atoms with Crippen molar-refractivity contribution in [2.45, 2.75) is 6.42 Å². The molecule has 110 valence electrons. The molecule has 0 aliphatic heterocycles. The molecule has 0 aliphatic carbocycles. The fraction of sp³-hybridized carbons (Fsp3) is 0.143. The van der Waals surface area contributed by atoms with Crippen molar-refractivity contribution in [3.63, 3.8) is 0 Å². The molecule has 0 saturated heterocycles. The molecule has 0 fully saturated rings. The number of anilines is 1. The third-order valence-electron chi connectivity index (χ3n) is 2.91. The van der Waals surface area contributed by atoms with E-state index in [1.54, 1.807) is 12.1 Å². The molecule has 4 nitrogen and oxygen atoms in total. The van der Waals surface area contributed by atoms with Crippen molar-refractivity contribution in [3.05, 3.63) is 69.5 Å². The lowest BCUT2D eigenvalue weighted by molar-refractivity contribution is -0.384. The zero-order valence-corrected chi connectivity index (χ0v) is 10.8. The average Bonchev–Trinajstić information content (AvgIpc) is 2.48. The van der Waals surface area contributed by atoms with Crippen molar-refractivity contribution in [3.8, 4) is 0 Å². The predicted molar refractivity (Wildman–Crippen MR) is 71.6 cm³/mol. The summed E-state index contributed by atoms with van der Waals surface area (Å²) in [5.41, 5.74) is 0.658. The molecule has 0 unspecified atom stereocenters. The number of halogens is 3. The number of hydrogen-bond donors (Lipinski definition) is 1. The van der Waals surface area contributed by atoms with Crippen molar-refractivity contribution in [2.75, 3.05) is 11.9 Å². The van der Waals surface area contributed by atoms with Crippen LogP contribution in [0.2, 0.25) is 0 Å². The van der Waals surface area contributed by atoms with Crippen LogP contribution in [-0.2, 0) is 6.42 Å². The second-order valence-corrected chi connectivity index (χ2v) is 4.32. The molecule has 0 amide bonds. The van der Waals surface area contributed by atoms with E-state index in [0.29, 0.717) is 6.42 Å². The molecule has 0 bridgehead atoms. The number of benzene rings is 2. The summed E-state index contributed by atoms with van der Waals surface area (Å²) in [6, 6.07) is 7.86. The van der Waals surface area contributed by atoms with Gasteiger partial charge in [0.25, 0.3) is 5.69 Å². The molecule has 0 atom stereocenters. The highest BCUT2D eigenvalue weighted by Crippen LogP contribution is 2.19. The van der Waals surface area contributed by atoms with Gasteiger partial charge in [-0.2, -0.15) is 0 Å². The lowest BCUT2D eigenvalue weighted by Gasteiger charge is -2.08. The summed E-state index contributed by atoms with van der Waals surface area (Å²) >= 11 is 0. The number of non-ortho nitro benzene ring substituents is 1. The van der Waals surface area contributed by atoms with Crippen LogP contribution in [0.5, 0.6) is 0 Å². The van der Waals surface area contributed by atoms with Crippen LogP contribution in [0.4, 0.5) is 24.5 Å². The predicted octanol–water partition coefficient (Wildman–Crippen LogP) is 3.67. The lowest BCUT2D eigenvalue weighted by atomic mass is 10.1. The standard InChI is InChI=1S/C14H11F3N2O2/c15-11-5-6-12(14(17)13(11)16)18-8-7-9-1-3-10(4-2-9)19(20)21/h1-6,18H,7-8H2. The third-order valence-corrected chi connectivity index (χ3v) is 2.91. The van der Waals surface area contributed by atoms with E-state index >= 15 is 0 Å². The third kappa shape index (κ3) is 3.50. The summed E-state index contributed by atoms with van der Waals surface area (Å²) in [6.07, 6.45) is 0.455. The Balaban J connectivity index is 1.95. The smallest absolute Gasteiger partial charge is 0.269 e. The minimum Gasteiger partial charge on any atom is -0.382 e. The van der Waals surface area contributed by atoms with Gasteiger partial charge in [0.2, 0.25) is 0 Å². The number of nitrogens with zero attached hydrogens (tertiary/aromatic N) is 1. The Bertz CT molecular complexity index is 660. The quantitative estimate of drug-likeness (QED) is 0.520. The van der Waals surface area contributed by atoms with Crippen molar-refractivity contribution < 1.29 is 18.1 Å². The second-order valence-electron chi connectivity index (χ2n) is 4.32. The maximum Gasteiger partial charge on any atom is 0.269 e. The molecular formula is C14H11F3N2O2. The highest BCUT2D eigenvalue weighted by Gasteiger charge is 2.12. The molecule has 7 heteroatoms. The Morgan fingerprint density at radius 1 is 1.00 bits per heavy atom. The number of nitro benzene ring substituents is 1. The lowest BCUT2D eigenvalue weighted by Crippen LogP contribution is -2.08. The first-order chi connectivity index (χ1) is 9.99. The van der Waals surface area contributed by atoms with E-state index in [1.807, 2.05) is 0 Å². The molecule has 1 N–H and O–H groups in total. The summed E-state index contributed by atoms with van der Waals surface area (Å²) in [6.45, 7) is 0.278. The summed E-state index contributed by atoms with van der Waals surface area (Å²) in [5, 5.41) is 13.1. The molecule has 2 rings (SSSR count). The summed E-state index contributed by atoms with van der Waals surface area (Å²) in [7, 11) is 0. The van der Waals surface area contributed by atoms with E-state index in [2.05, 4.69) is 5.32 Å². The maximum atomic E-state index is 13.4. The number of nitro groups is 1. The van der Waals surface area contributed by atoms with Gasteiger partial charge < -0.3 is 5.32 Å². The van der Waals surface area contributed by atoms with Crippen LogP contribution in [0.1, 0.15) is 5.56 Å². The highest BCUT2D eigenvalue weighted by molar-refractivity contribution is 5.45. The summed E-state index contributed by atoms with van der Waals surface area (Å²) in [5.74, 6) is -4.03. The van der Waals surface area contributed by atoms with Crippen LogP contribution in [0.15, 0.2) is 36.4 Å². The van der Waals surface area contributed by atoms with Crippen molar-refractivity contribution in [1.82, 2.24) is 0 Å². The first-order valence-electron chi connectivity index (χ1n) is 6.09. The topological polar surface area (TPSA) is 55.2 Å².